The number of benzene rings is 2. The van der Waals surface area contributed by atoms with E-state index in [1.165, 1.54) is 5.56 Å². The van der Waals surface area contributed by atoms with Crippen molar-refractivity contribution in [2.75, 3.05) is 17.2 Å². The smallest absolute Gasteiger partial charge is 0.226 e. The quantitative estimate of drug-likeness (QED) is 0.779. The molecule has 0 spiro atoms. The summed E-state index contributed by atoms with van der Waals surface area (Å²) in [6.45, 7) is 2.61. The molecule has 0 unspecified atom stereocenters. The van der Waals surface area contributed by atoms with Crippen molar-refractivity contribution in [3.63, 3.8) is 0 Å². The van der Waals surface area contributed by atoms with Crippen LogP contribution in [0.5, 0.6) is 0 Å². The maximum absolute atomic E-state index is 11.9. The molecule has 2 aromatic rings. The number of aryl methyl sites for hydroxylation is 1. The largest absolute Gasteiger partial charge is 0.384 e. The molecule has 2 aromatic carbocycles. The Bertz CT molecular complexity index is 621. The van der Waals surface area contributed by atoms with Crippen molar-refractivity contribution < 1.29 is 4.79 Å². The predicted octanol–water partition coefficient (Wildman–Crippen LogP) is 5.00. The minimum atomic E-state index is -0.0372. The Morgan fingerprint density at radius 1 is 1.00 bits per heavy atom. The molecule has 0 radical (unpaired) electrons. The van der Waals surface area contributed by atoms with E-state index in [-0.39, 0.29) is 5.91 Å². The number of halogens is 2. The Labute approximate surface area is 140 Å². The third kappa shape index (κ3) is 5.24. The molecule has 0 aliphatic rings. The molecule has 0 heterocycles. The van der Waals surface area contributed by atoms with Crippen LogP contribution in [0.3, 0.4) is 0 Å². The van der Waals surface area contributed by atoms with Gasteiger partial charge < -0.3 is 10.6 Å². The zero-order valence-corrected chi connectivity index (χ0v) is 13.8. The molecule has 0 saturated carbocycles. The number of nitrogens with one attached hydrogen (secondary N) is 2. The van der Waals surface area contributed by atoms with Gasteiger partial charge in [-0.3, -0.25) is 4.79 Å². The zero-order valence-electron chi connectivity index (χ0n) is 12.3. The number of carbonyl (C=O) groups excluding carboxylic acids is 1. The van der Waals surface area contributed by atoms with Crippen LogP contribution in [0.4, 0.5) is 11.4 Å². The Kier molecular flexibility index (Phi) is 6.10. The number of carbonyl (C=O) groups is 1. The van der Waals surface area contributed by atoms with E-state index in [1.54, 1.807) is 18.2 Å². The van der Waals surface area contributed by atoms with Crippen LogP contribution >= 0.6 is 23.2 Å². The van der Waals surface area contributed by atoms with Gasteiger partial charge in [-0.25, -0.2) is 0 Å². The van der Waals surface area contributed by atoms with Gasteiger partial charge in [0.15, 0.2) is 0 Å². The van der Waals surface area contributed by atoms with Gasteiger partial charge in [-0.1, -0.05) is 42.3 Å². The molecule has 0 saturated heterocycles. The highest BCUT2D eigenvalue weighted by molar-refractivity contribution is 6.35. The SMILES string of the molecule is CCc1ccc(NC(=O)CCNc2cc(Cl)cc(Cl)c2)cc1. The summed E-state index contributed by atoms with van der Waals surface area (Å²) < 4.78 is 0. The summed E-state index contributed by atoms with van der Waals surface area (Å²) in [7, 11) is 0. The van der Waals surface area contributed by atoms with Crippen molar-refractivity contribution in [2.24, 2.45) is 0 Å². The lowest BCUT2D eigenvalue weighted by Gasteiger charge is -2.09. The van der Waals surface area contributed by atoms with Crippen molar-refractivity contribution in [3.05, 3.63) is 58.1 Å². The first kappa shape index (κ1) is 16.7. The molecule has 0 aliphatic heterocycles. The molecule has 5 heteroatoms. The first-order valence-electron chi connectivity index (χ1n) is 7.15. The summed E-state index contributed by atoms with van der Waals surface area (Å²) in [5.74, 6) is -0.0372. The highest BCUT2D eigenvalue weighted by atomic mass is 35.5. The van der Waals surface area contributed by atoms with E-state index in [9.17, 15) is 4.79 Å². The maximum atomic E-state index is 11.9. The first-order valence-corrected chi connectivity index (χ1v) is 7.91. The number of rotatable bonds is 6. The predicted molar refractivity (Wildman–Crippen MR) is 94.0 cm³/mol. The second kappa shape index (κ2) is 8.06. The average molecular weight is 337 g/mol. The van der Waals surface area contributed by atoms with Crippen LogP contribution in [-0.4, -0.2) is 12.5 Å². The highest BCUT2D eigenvalue weighted by Gasteiger charge is 2.03. The molecular formula is C17H18Cl2N2O. The lowest BCUT2D eigenvalue weighted by Crippen LogP contribution is -2.16. The van der Waals surface area contributed by atoms with E-state index in [0.29, 0.717) is 23.0 Å². The van der Waals surface area contributed by atoms with E-state index in [1.807, 2.05) is 24.3 Å². The number of hydrogen-bond donors (Lipinski definition) is 2. The third-order valence-electron chi connectivity index (χ3n) is 3.19. The van der Waals surface area contributed by atoms with Crippen LogP contribution in [0.2, 0.25) is 10.0 Å². The summed E-state index contributed by atoms with van der Waals surface area (Å²) >= 11 is 11.8. The van der Waals surface area contributed by atoms with Crippen molar-refractivity contribution in [3.8, 4) is 0 Å². The molecule has 0 fully saturated rings. The van der Waals surface area contributed by atoms with Gasteiger partial charge in [-0.15, -0.1) is 0 Å². The van der Waals surface area contributed by atoms with Crippen molar-refractivity contribution in [1.82, 2.24) is 0 Å². The summed E-state index contributed by atoms with van der Waals surface area (Å²) in [5, 5.41) is 7.13. The van der Waals surface area contributed by atoms with E-state index < -0.39 is 0 Å². The van der Waals surface area contributed by atoms with E-state index in [2.05, 4.69) is 17.6 Å². The van der Waals surface area contributed by atoms with Gasteiger partial charge in [0.25, 0.3) is 0 Å². The molecule has 2 N–H and O–H groups in total. The molecule has 116 valence electrons. The van der Waals surface area contributed by atoms with Gasteiger partial charge >= 0.3 is 0 Å². The molecule has 0 atom stereocenters. The fraction of sp³-hybridized carbons (Fsp3) is 0.235. The summed E-state index contributed by atoms with van der Waals surface area (Å²) in [6, 6.07) is 13.1. The molecule has 1 amide bonds. The zero-order chi connectivity index (χ0) is 15.9. The third-order valence-corrected chi connectivity index (χ3v) is 3.63. The molecule has 0 bridgehead atoms. The van der Waals surface area contributed by atoms with E-state index >= 15 is 0 Å². The van der Waals surface area contributed by atoms with Crippen LogP contribution < -0.4 is 10.6 Å². The minimum absolute atomic E-state index is 0.0372. The van der Waals surface area contributed by atoms with Crippen molar-refractivity contribution >= 4 is 40.5 Å². The summed E-state index contributed by atoms with van der Waals surface area (Å²) in [5.41, 5.74) is 2.86. The number of hydrogen-bond acceptors (Lipinski definition) is 2. The standard InChI is InChI=1S/C17H18Cl2N2O/c1-2-12-3-5-15(6-4-12)21-17(22)7-8-20-16-10-13(18)9-14(19)11-16/h3-6,9-11,20H,2,7-8H2,1H3,(H,21,22). The van der Waals surface area contributed by atoms with Crippen molar-refractivity contribution in [2.45, 2.75) is 19.8 Å². The Morgan fingerprint density at radius 3 is 2.23 bits per heavy atom. The number of anilines is 2. The minimum Gasteiger partial charge on any atom is -0.384 e. The Hall–Kier alpha value is -1.71. The normalized spacial score (nSPS) is 10.3. The lowest BCUT2D eigenvalue weighted by molar-refractivity contribution is -0.115. The van der Waals surface area contributed by atoms with Gasteiger partial charge in [-0.05, 0) is 42.3 Å². The summed E-state index contributed by atoms with van der Waals surface area (Å²) in [6.07, 6.45) is 1.35. The monoisotopic (exact) mass is 336 g/mol. The fourth-order valence-corrected chi connectivity index (χ4v) is 2.55. The van der Waals surface area contributed by atoms with E-state index in [4.69, 9.17) is 23.2 Å². The maximum Gasteiger partial charge on any atom is 0.226 e. The van der Waals surface area contributed by atoms with Gasteiger partial charge in [0, 0.05) is 34.4 Å². The topological polar surface area (TPSA) is 41.1 Å². The second-order valence-corrected chi connectivity index (χ2v) is 5.81. The fourth-order valence-electron chi connectivity index (χ4n) is 2.02. The van der Waals surface area contributed by atoms with Crippen molar-refractivity contribution in [1.29, 1.82) is 0 Å². The van der Waals surface area contributed by atoms with E-state index in [0.717, 1.165) is 17.8 Å². The first-order chi connectivity index (χ1) is 10.6. The molecule has 22 heavy (non-hydrogen) atoms. The van der Waals surface area contributed by atoms with Crippen LogP contribution in [0.1, 0.15) is 18.9 Å². The van der Waals surface area contributed by atoms with Crippen LogP contribution in [0.25, 0.3) is 0 Å². The van der Waals surface area contributed by atoms with Crippen LogP contribution in [-0.2, 0) is 11.2 Å². The molecule has 2 rings (SSSR count). The van der Waals surface area contributed by atoms with Gasteiger partial charge in [0.1, 0.15) is 0 Å². The molecular weight excluding hydrogens is 319 g/mol. The Balaban J connectivity index is 1.79. The van der Waals surface area contributed by atoms with Crippen LogP contribution in [0, 0.1) is 0 Å². The average Bonchev–Trinajstić information content (AvgIpc) is 2.47. The van der Waals surface area contributed by atoms with Gasteiger partial charge in [0.2, 0.25) is 5.91 Å². The molecule has 0 aliphatic carbocycles. The molecule has 3 nitrogen and oxygen atoms in total. The Morgan fingerprint density at radius 2 is 1.64 bits per heavy atom. The highest BCUT2D eigenvalue weighted by Crippen LogP contribution is 2.22. The molecule has 0 aromatic heterocycles. The van der Waals surface area contributed by atoms with Crippen LogP contribution in [0.15, 0.2) is 42.5 Å². The van der Waals surface area contributed by atoms with Gasteiger partial charge in [0.05, 0.1) is 0 Å². The summed E-state index contributed by atoms with van der Waals surface area (Å²) in [4.78, 5) is 11.9. The number of amides is 1. The lowest BCUT2D eigenvalue weighted by atomic mass is 10.1. The van der Waals surface area contributed by atoms with Gasteiger partial charge in [-0.2, -0.15) is 0 Å². The second-order valence-electron chi connectivity index (χ2n) is 4.93.